The van der Waals surface area contributed by atoms with Crippen LogP contribution in [0.3, 0.4) is 0 Å². The monoisotopic (exact) mass is 580 g/mol. The molecule has 216 valence electrons. The highest BCUT2D eigenvalue weighted by molar-refractivity contribution is 6.16. The standard InChI is InChI=1S/C41H32N4/c1-41(2)36-18-10-9-17-34(36)35-25-29(19-20-37(35)41)31-22-32(30-16-11-21-42-26-30)24-33(23-31)40-44-38(27-12-5-3-6-13-27)43-39(45-40)28-14-7-4-8-15-28/h3-26,38H,1-2H3,(H,43,44,45). The van der Waals surface area contributed by atoms with Gasteiger partial charge in [-0.2, -0.15) is 0 Å². The summed E-state index contributed by atoms with van der Waals surface area (Å²) in [6.07, 6.45) is 3.37. The number of pyridine rings is 1. The summed E-state index contributed by atoms with van der Waals surface area (Å²) in [5.74, 6) is 1.59. The second-order valence-electron chi connectivity index (χ2n) is 12.2. The van der Waals surface area contributed by atoms with E-state index in [0.29, 0.717) is 0 Å². The molecule has 5 aromatic carbocycles. The molecule has 0 radical (unpaired) electrons. The van der Waals surface area contributed by atoms with Crippen molar-refractivity contribution in [1.82, 2.24) is 10.3 Å². The summed E-state index contributed by atoms with van der Waals surface area (Å²) in [5.41, 5.74) is 12.8. The summed E-state index contributed by atoms with van der Waals surface area (Å²) >= 11 is 0. The number of aliphatic imine (C=N–C) groups is 2. The molecule has 1 aliphatic heterocycles. The van der Waals surface area contributed by atoms with Gasteiger partial charge in [0.2, 0.25) is 0 Å². The Bertz CT molecular complexity index is 2100. The van der Waals surface area contributed by atoms with E-state index in [4.69, 9.17) is 9.98 Å². The van der Waals surface area contributed by atoms with Gasteiger partial charge in [-0.15, -0.1) is 0 Å². The maximum absolute atomic E-state index is 5.18. The number of benzene rings is 5. The van der Waals surface area contributed by atoms with Crippen molar-refractivity contribution in [2.24, 2.45) is 9.98 Å². The third kappa shape index (κ3) is 4.85. The number of aromatic nitrogens is 1. The van der Waals surface area contributed by atoms with Gasteiger partial charge in [-0.1, -0.05) is 117 Å². The number of nitrogens with one attached hydrogen (secondary N) is 1. The first kappa shape index (κ1) is 27.0. The molecule has 0 bridgehead atoms. The van der Waals surface area contributed by atoms with Gasteiger partial charge in [0.05, 0.1) is 0 Å². The van der Waals surface area contributed by atoms with Gasteiger partial charge in [0.25, 0.3) is 0 Å². The van der Waals surface area contributed by atoms with Crippen molar-refractivity contribution in [2.75, 3.05) is 0 Å². The van der Waals surface area contributed by atoms with Gasteiger partial charge in [-0.3, -0.25) is 4.98 Å². The Labute approximate surface area is 263 Å². The molecule has 1 atom stereocenters. The molecule has 1 aliphatic carbocycles. The number of rotatable bonds is 5. The van der Waals surface area contributed by atoms with E-state index < -0.39 is 0 Å². The van der Waals surface area contributed by atoms with Crippen molar-refractivity contribution in [1.29, 1.82) is 0 Å². The van der Waals surface area contributed by atoms with Crippen LogP contribution in [0.2, 0.25) is 0 Å². The minimum atomic E-state index is -0.359. The number of hydrogen-bond acceptors (Lipinski definition) is 4. The maximum atomic E-state index is 5.18. The molecule has 0 saturated heterocycles. The highest BCUT2D eigenvalue weighted by Crippen LogP contribution is 2.49. The van der Waals surface area contributed by atoms with Crippen LogP contribution in [0.5, 0.6) is 0 Å². The zero-order valence-electron chi connectivity index (χ0n) is 25.3. The van der Waals surface area contributed by atoms with E-state index in [1.165, 1.54) is 27.8 Å². The van der Waals surface area contributed by atoms with Crippen molar-refractivity contribution in [3.05, 3.63) is 174 Å². The molecule has 4 nitrogen and oxygen atoms in total. The molecule has 1 N–H and O–H groups in total. The number of fused-ring (bicyclic) bond motifs is 3. The minimum absolute atomic E-state index is 0.0342. The van der Waals surface area contributed by atoms with Crippen molar-refractivity contribution in [3.8, 4) is 33.4 Å². The lowest BCUT2D eigenvalue weighted by Crippen LogP contribution is -2.36. The highest BCUT2D eigenvalue weighted by Gasteiger charge is 2.35. The van der Waals surface area contributed by atoms with Crippen LogP contribution in [0.1, 0.15) is 47.8 Å². The zero-order chi connectivity index (χ0) is 30.4. The van der Waals surface area contributed by atoms with E-state index in [0.717, 1.165) is 45.1 Å². The number of hydrogen-bond donors (Lipinski definition) is 1. The lowest BCUT2D eigenvalue weighted by atomic mass is 9.82. The Hall–Kier alpha value is -5.61. The average molecular weight is 581 g/mol. The summed E-state index contributed by atoms with van der Waals surface area (Å²) in [6.45, 7) is 4.64. The topological polar surface area (TPSA) is 49.6 Å². The van der Waals surface area contributed by atoms with E-state index in [1.54, 1.807) is 0 Å². The first-order valence-electron chi connectivity index (χ1n) is 15.4. The van der Waals surface area contributed by atoms with Gasteiger partial charge in [-0.25, -0.2) is 9.98 Å². The second kappa shape index (κ2) is 10.8. The molecular weight excluding hydrogens is 548 g/mol. The van der Waals surface area contributed by atoms with E-state index in [2.05, 4.69) is 115 Å². The van der Waals surface area contributed by atoms with E-state index >= 15 is 0 Å². The Balaban J connectivity index is 1.29. The van der Waals surface area contributed by atoms with Crippen molar-refractivity contribution >= 4 is 11.7 Å². The van der Waals surface area contributed by atoms with Gasteiger partial charge >= 0.3 is 0 Å². The predicted octanol–water partition coefficient (Wildman–Crippen LogP) is 9.22. The molecule has 2 aliphatic rings. The van der Waals surface area contributed by atoms with Crippen LogP contribution in [0.25, 0.3) is 33.4 Å². The summed E-state index contributed by atoms with van der Waals surface area (Å²) in [6, 6.07) is 47.1. The quantitative estimate of drug-likeness (QED) is 0.221. The van der Waals surface area contributed by atoms with Crippen molar-refractivity contribution in [3.63, 3.8) is 0 Å². The fourth-order valence-corrected chi connectivity index (χ4v) is 6.64. The van der Waals surface area contributed by atoms with Crippen molar-refractivity contribution in [2.45, 2.75) is 25.4 Å². The van der Waals surface area contributed by atoms with Crippen LogP contribution in [-0.2, 0) is 5.41 Å². The minimum Gasteiger partial charge on any atom is -0.324 e. The van der Waals surface area contributed by atoms with Gasteiger partial charge in [-0.05, 0) is 74.8 Å². The SMILES string of the molecule is CC1(C)c2ccccc2-c2cc(-c3cc(C4=NC(c5ccccc5)N=C(c5ccccc5)N4)cc(-c4cccnc4)c3)ccc21. The maximum Gasteiger partial charge on any atom is 0.169 e. The molecule has 0 saturated carbocycles. The third-order valence-corrected chi connectivity index (χ3v) is 9.00. The Morgan fingerprint density at radius 2 is 1.13 bits per heavy atom. The van der Waals surface area contributed by atoms with Gasteiger partial charge in [0, 0.05) is 34.5 Å². The molecule has 1 unspecified atom stereocenters. The summed E-state index contributed by atoms with van der Waals surface area (Å²) in [4.78, 5) is 14.7. The highest BCUT2D eigenvalue weighted by atomic mass is 15.2. The molecule has 6 aromatic rings. The van der Waals surface area contributed by atoms with Crippen LogP contribution in [0.15, 0.2) is 156 Å². The Morgan fingerprint density at radius 1 is 0.511 bits per heavy atom. The predicted molar refractivity (Wildman–Crippen MR) is 185 cm³/mol. The zero-order valence-corrected chi connectivity index (χ0v) is 25.3. The fraction of sp³-hybridized carbons (Fsp3) is 0.0976. The average Bonchev–Trinajstić information content (AvgIpc) is 3.34. The number of nitrogens with zero attached hydrogens (tertiary/aromatic N) is 3. The van der Waals surface area contributed by atoms with Crippen LogP contribution in [0, 0.1) is 0 Å². The summed E-state index contributed by atoms with van der Waals surface area (Å²) in [7, 11) is 0. The van der Waals surface area contributed by atoms with Crippen molar-refractivity contribution < 1.29 is 0 Å². The molecule has 2 heterocycles. The van der Waals surface area contributed by atoms with Crippen LogP contribution in [-0.4, -0.2) is 16.7 Å². The Morgan fingerprint density at radius 3 is 1.89 bits per heavy atom. The first-order chi connectivity index (χ1) is 22.0. The Kier molecular flexibility index (Phi) is 6.49. The fourth-order valence-electron chi connectivity index (χ4n) is 6.64. The van der Waals surface area contributed by atoms with E-state index in [9.17, 15) is 0 Å². The normalized spacial score (nSPS) is 16.2. The number of amidine groups is 2. The van der Waals surface area contributed by atoms with E-state index in [-0.39, 0.29) is 11.6 Å². The summed E-state index contributed by atoms with van der Waals surface area (Å²) < 4.78 is 0. The van der Waals surface area contributed by atoms with Gasteiger partial charge < -0.3 is 5.32 Å². The lowest BCUT2D eigenvalue weighted by Gasteiger charge is -2.23. The van der Waals surface area contributed by atoms with Gasteiger partial charge in [0.1, 0.15) is 11.7 Å². The molecule has 0 amide bonds. The van der Waals surface area contributed by atoms with Crippen LogP contribution < -0.4 is 5.32 Å². The molecule has 0 fully saturated rings. The molecule has 0 spiro atoms. The first-order valence-corrected chi connectivity index (χ1v) is 15.4. The smallest absolute Gasteiger partial charge is 0.169 e. The molecule has 8 rings (SSSR count). The molecule has 45 heavy (non-hydrogen) atoms. The third-order valence-electron chi connectivity index (χ3n) is 9.00. The van der Waals surface area contributed by atoms with Gasteiger partial charge in [0.15, 0.2) is 6.17 Å². The largest absolute Gasteiger partial charge is 0.324 e. The molecular formula is C41H32N4. The van der Waals surface area contributed by atoms with E-state index in [1.807, 2.05) is 54.9 Å². The van der Waals surface area contributed by atoms with Crippen LogP contribution >= 0.6 is 0 Å². The van der Waals surface area contributed by atoms with Crippen LogP contribution in [0.4, 0.5) is 0 Å². The molecule has 1 aromatic heterocycles. The second-order valence-corrected chi connectivity index (χ2v) is 12.2. The molecule has 4 heteroatoms. The lowest BCUT2D eigenvalue weighted by molar-refractivity contribution is 0.660. The summed E-state index contributed by atoms with van der Waals surface area (Å²) in [5, 5.41) is 3.59.